The summed E-state index contributed by atoms with van der Waals surface area (Å²) in [6.45, 7) is 0. The average molecular weight is 279 g/mol. The molecule has 0 unspecified atom stereocenters. The Balaban J connectivity index is 1.99. The summed E-state index contributed by atoms with van der Waals surface area (Å²) in [5.74, 6) is 2.18. The molecule has 0 radical (unpaired) electrons. The standard InChI is InChI=1S/C13H17N3O2S/c14-12(16-18)9-1-3-10(4-2-9)13(17)15-11-5-7-19-8-6-11/h1-4,11,18H,5-8H2,(H2,14,16)(H,15,17). The van der Waals surface area contributed by atoms with Crippen LogP contribution in [0.4, 0.5) is 0 Å². The Labute approximate surface area is 116 Å². The number of benzene rings is 1. The first-order valence-corrected chi connectivity index (χ1v) is 7.32. The number of nitrogens with two attached hydrogens (primary N) is 1. The number of hydrogen-bond acceptors (Lipinski definition) is 4. The van der Waals surface area contributed by atoms with Crippen molar-refractivity contribution in [3.05, 3.63) is 35.4 Å². The number of nitrogens with zero attached hydrogens (tertiary/aromatic N) is 1. The van der Waals surface area contributed by atoms with Gasteiger partial charge in [-0.1, -0.05) is 17.3 Å². The quantitative estimate of drug-likeness (QED) is 0.338. The first-order chi connectivity index (χ1) is 9.20. The number of oxime groups is 1. The SMILES string of the molecule is N/C(=N/O)c1ccc(C(=O)NC2CCSCC2)cc1. The van der Waals surface area contributed by atoms with Gasteiger partial charge in [0.15, 0.2) is 5.84 Å². The Bertz CT molecular complexity index is 467. The van der Waals surface area contributed by atoms with Crippen molar-refractivity contribution in [2.75, 3.05) is 11.5 Å². The summed E-state index contributed by atoms with van der Waals surface area (Å²) >= 11 is 1.93. The van der Waals surface area contributed by atoms with Gasteiger partial charge in [-0.25, -0.2) is 0 Å². The van der Waals surface area contributed by atoms with Crippen molar-refractivity contribution in [2.24, 2.45) is 10.9 Å². The molecule has 1 heterocycles. The molecule has 102 valence electrons. The van der Waals surface area contributed by atoms with Crippen LogP contribution in [0.1, 0.15) is 28.8 Å². The van der Waals surface area contributed by atoms with Gasteiger partial charge in [0.2, 0.25) is 0 Å². The van der Waals surface area contributed by atoms with E-state index < -0.39 is 0 Å². The minimum atomic E-state index is -0.0667. The van der Waals surface area contributed by atoms with Crippen molar-refractivity contribution in [3.8, 4) is 0 Å². The molecule has 1 aliphatic rings. The smallest absolute Gasteiger partial charge is 0.251 e. The van der Waals surface area contributed by atoms with Crippen LogP contribution in [0, 0.1) is 0 Å². The van der Waals surface area contributed by atoms with E-state index in [1.54, 1.807) is 24.3 Å². The highest BCUT2D eigenvalue weighted by atomic mass is 32.2. The highest BCUT2D eigenvalue weighted by molar-refractivity contribution is 7.99. The molecular weight excluding hydrogens is 262 g/mol. The number of carbonyl (C=O) groups is 1. The largest absolute Gasteiger partial charge is 0.409 e. The highest BCUT2D eigenvalue weighted by Gasteiger charge is 2.16. The van der Waals surface area contributed by atoms with Crippen LogP contribution in [0.5, 0.6) is 0 Å². The molecule has 0 bridgehead atoms. The molecule has 0 aromatic heterocycles. The van der Waals surface area contributed by atoms with Crippen LogP contribution in [-0.4, -0.2) is 34.5 Å². The van der Waals surface area contributed by atoms with Crippen molar-refractivity contribution in [3.63, 3.8) is 0 Å². The summed E-state index contributed by atoms with van der Waals surface area (Å²) in [6.07, 6.45) is 2.05. The molecule has 2 rings (SSSR count). The van der Waals surface area contributed by atoms with Gasteiger partial charge in [0.25, 0.3) is 5.91 Å². The molecule has 0 spiro atoms. The van der Waals surface area contributed by atoms with Gasteiger partial charge in [0, 0.05) is 17.2 Å². The van der Waals surface area contributed by atoms with Gasteiger partial charge in [-0.3, -0.25) is 4.79 Å². The van der Waals surface area contributed by atoms with Gasteiger partial charge >= 0.3 is 0 Å². The monoisotopic (exact) mass is 279 g/mol. The van der Waals surface area contributed by atoms with Gasteiger partial charge in [-0.05, 0) is 36.5 Å². The molecule has 1 aliphatic heterocycles. The van der Waals surface area contributed by atoms with Crippen LogP contribution in [0.15, 0.2) is 29.4 Å². The van der Waals surface area contributed by atoms with E-state index in [9.17, 15) is 4.79 Å². The summed E-state index contributed by atoms with van der Waals surface area (Å²) in [5.41, 5.74) is 6.65. The Kier molecular flexibility index (Phi) is 4.68. The molecule has 19 heavy (non-hydrogen) atoms. The van der Waals surface area contributed by atoms with Gasteiger partial charge in [0.1, 0.15) is 0 Å². The van der Waals surface area contributed by atoms with Crippen LogP contribution in [0.25, 0.3) is 0 Å². The van der Waals surface area contributed by atoms with Crippen LogP contribution >= 0.6 is 11.8 Å². The number of rotatable bonds is 3. The summed E-state index contributed by atoms with van der Waals surface area (Å²) < 4.78 is 0. The number of hydrogen-bond donors (Lipinski definition) is 3. The summed E-state index contributed by atoms with van der Waals surface area (Å²) in [5, 5.41) is 14.5. The second-order valence-corrected chi connectivity index (χ2v) is 5.65. The molecule has 6 heteroatoms. The molecule has 1 aromatic rings. The summed E-state index contributed by atoms with van der Waals surface area (Å²) in [6, 6.07) is 6.97. The number of amidine groups is 1. The zero-order valence-corrected chi connectivity index (χ0v) is 11.3. The van der Waals surface area contributed by atoms with E-state index in [1.807, 2.05) is 11.8 Å². The van der Waals surface area contributed by atoms with Crippen molar-refractivity contribution in [1.29, 1.82) is 0 Å². The molecule has 0 saturated carbocycles. The lowest BCUT2D eigenvalue weighted by atomic mass is 10.1. The van der Waals surface area contributed by atoms with E-state index in [-0.39, 0.29) is 17.8 Å². The number of carbonyl (C=O) groups excluding carboxylic acids is 1. The lowest BCUT2D eigenvalue weighted by Gasteiger charge is -2.22. The lowest BCUT2D eigenvalue weighted by Crippen LogP contribution is -2.37. The minimum absolute atomic E-state index is 0.0382. The second-order valence-electron chi connectivity index (χ2n) is 4.42. The second kappa shape index (κ2) is 6.47. The van der Waals surface area contributed by atoms with Crippen molar-refractivity contribution in [2.45, 2.75) is 18.9 Å². The molecule has 1 fully saturated rings. The molecular formula is C13H17N3O2S. The van der Waals surface area contributed by atoms with Gasteiger partial charge in [-0.2, -0.15) is 11.8 Å². The average Bonchev–Trinajstić information content (AvgIpc) is 2.47. The Morgan fingerprint density at radius 1 is 1.26 bits per heavy atom. The predicted octanol–water partition coefficient (Wildman–Crippen LogP) is 1.41. The molecule has 1 aromatic carbocycles. The van der Waals surface area contributed by atoms with E-state index in [1.165, 1.54) is 0 Å². The van der Waals surface area contributed by atoms with E-state index in [0.29, 0.717) is 11.1 Å². The number of amides is 1. The number of thioether (sulfide) groups is 1. The molecule has 5 nitrogen and oxygen atoms in total. The first-order valence-electron chi connectivity index (χ1n) is 6.17. The van der Waals surface area contributed by atoms with Crippen molar-refractivity contribution >= 4 is 23.5 Å². The maximum Gasteiger partial charge on any atom is 0.251 e. The van der Waals surface area contributed by atoms with Crippen molar-refractivity contribution < 1.29 is 10.0 Å². The molecule has 0 aliphatic carbocycles. The van der Waals surface area contributed by atoms with Gasteiger partial charge in [-0.15, -0.1) is 0 Å². The maximum atomic E-state index is 12.0. The van der Waals surface area contributed by atoms with E-state index in [4.69, 9.17) is 10.9 Å². The van der Waals surface area contributed by atoms with Crippen molar-refractivity contribution in [1.82, 2.24) is 5.32 Å². The van der Waals surface area contributed by atoms with Crippen LogP contribution in [-0.2, 0) is 0 Å². The Morgan fingerprint density at radius 3 is 2.42 bits per heavy atom. The van der Waals surface area contributed by atoms with E-state index in [2.05, 4.69) is 10.5 Å². The van der Waals surface area contributed by atoms with E-state index in [0.717, 1.165) is 24.3 Å². The maximum absolute atomic E-state index is 12.0. The minimum Gasteiger partial charge on any atom is -0.409 e. The number of nitrogens with one attached hydrogen (secondary N) is 1. The van der Waals surface area contributed by atoms with Crippen LogP contribution in [0.3, 0.4) is 0 Å². The summed E-state index contributed by atoms with van der Waals surface area (Å²) in [4.78, 5) is 12.0. The van der Waals surface area contributed by atoms with Gasteiger partial charge < -0.3 is 16.3 Å². The third-order valence-corrected chi connectivity index (χ3v) is 4.16. The third kappa shape index (κ3) is 3.64. The molecule has 1 amide bonds. The Hall–Kier alpha value is -1.69. The summed E-state index contributed by atoms with van der Waals surface area (Å²) in [7, 11) is 0. The van der Waals surface area contributed by atoms with E-state index >= 15 is 0 Å². The first kappa shape index (κ1) is 13.7. The normalized spacial score (nSPS) is 17.2. The van der Waals surface area contributed by atoms with Gasteiger partial charge in [0.05, 0.1) is 0 Å². The van der Waals surface area contributed by atoms with Crippen LogP contribution in [0.2, 0.25) is 0 Å². The fraction of sp³-hybridized carbons (Fsp3) is 0.385. The molecule has 4 N–H and O–H groups in total. The third-order valence-electron chi connectivity index (χ3n) is 3.11. The topological polar surface area (TPSA) is 87.7 Å². The fourth-order valence-corrected chi connectivity index (χ4v) is 3.07. The predicted molar refractivity (Wildman–Crippen MR) is 76.8 cm³/mol. The molecule has 0 atom stereocenters. The fourth-order valence-electron chi connectivity index (χ4n) is 1.96. The lowest BCUT2D eigenvalue weighted by molar-refractivity contribution is 0.0935. The zero-order valence-electron chi connectivity index (χ0n) is 10.5. The van der Waals surface area contributed by atoms with Crippen LogP contribution < -0.4 is 11.1 Å². The Morgan fingerprint density at radius 2 is 1.84 bits per heavy atom. The zero-order chi connectivity index (χ0) is 13.7. The highest BCUT2D eigenvalue weighted by Crippen LogP contribution is 2.17. The molecule has 1 saturated heterocycles.